The van der Waals surface area contributed by atoms with Gasteiger partial charge in [0.05, 0.1) is 18.7 Å². The number of rotatable bonds is 6. The predicted molar refractivity (Wildman–Crippen MR) is 107 cm³/mol. The Labute approximate surface area is 168 Å². The molecule has 29 heavy (non-hydrogen) atoms. The molecule has 0 radical (unpaired) electrons. The first-order valence-electron chi connectivity index (χ1n) is 9.95. The fourth-order valence-electron chi connectivity index (χ4n) is 3.94. The molecule has 0 amide bonds. The van der Waals surface area contributed by atoms with E-state index in [1.807, 2.05) is 30.3 Å². The van der Waals surface area contributed by atoms with Crippen molar-refractivity contribution in [3.8, 4) is 6.01 Å². The molecule has 3 aromatic rings. The number of imidazole rings is 1. The van der Waals surface area contributed by atoms with E-state index in [1.165, 1.54) is 5.56 Å². The largest absolute Gasteiger partial charge is 0.456 e. The van der Waals surface area contributed by atoms with Crippen LogP contribution in [-0.4, -0.2) is 64.2 Å². The minimum Gasteiger partial charge on any atom is -0.456 e. The van der Waals surface area contributed by atoms with Gasteiger partial charge in [-0.05, 0) is 24.6 Å². The number of pyridine rings is 1. The van der Waals surface area contributed by atoms with Gasteiger partial charge < -0.3 is 29.2 Å². The van der Waals surface area contributed by atoms with Crippen molar-refractivity contribution < 1.29 is 19.3 Å². The van der Waals surface area contributed by atoms with E-state index >= 15 is 0 Å². The van der Waals surface area contributed by atoms with Crippen molar-refractivity contribution >= 4 is 17.0 Å². The van der Waals surface area contributed by atoms with Crippen molar-refractivity contribution in [3.05, 3.63) is 48.0 Å². The summed E-state index contributed by atoms with van der Waals surface area (Å²) in [5.74, 6) is 0.869. The van der Waals surface area contributed by atoms with Gasteiger partial charge in [0.15, 0.2) is 11.8 Å². The molecule has 8 heteroatoms. The molecule has 0 unspecified atom stereocenters. The van der Waals surface area contributed by atoms with E-state index in [9.17, 15) is 5.11 Å². The molecule has 4 heterocycles. The molecule has 1 aromatic carbocycles. The normalized spacial score (nSPS) is 26.0. The molecular formula is C21H24N4O4. The molecule has 2 fully saturated rings. The van der Waals surface area contributed by atoms with Crippen LogP contribution in [0.3, 0.4) is 0 Å². The molecule has 2 N–H and O–H groups in total. The number of aromatic amines is 1. The number of aliphatic hydroxyl groups excluding tert-OH is 1. The number of hydrogen-bond donors (Lipinski definition) is 2. The van der Waals surface area contributed by atoms with Gasteiger partial charge in [0, 0.05) is 13.1 Å². The monoisotopic (exact) mass is 396 g/mol. The van der Waals surface area contributed by atoms with E-state index in [4.69, 9.17) is 19.2 Å². The zero-order valence-electron chi connectivity index (χ0n) is 16.2. The second-order valence-electron chi connectivity index (χ2n) is 7.40. The van der Waals surface area contributed by atoms with Gasteiger partial charge in [0.25, 0.3) is 6.01 Å². The summed E-state index contributed by atoms with van der Waals surface area (Å²) in [6, 6.07) is 14.7. The molecule has 0 saturated carbocycles. The highest BCUT2D eigenvalue weighted by Gasteiger charge is 2.48. The molecule has 4 atom stereocenters. The van der Waals surface area contributed by atoms with Crippen molar-refractivity contribution in [1.82, 2.24) is 15.0 Å². The van der Waals surface area contributed by atoms with Gasteiger partial charge in [0.1, 0.15) is 24.1 Å². The number of nitrogens with one attached hydrogen (secondary N) is 1. The Morgan fingerprint density at radius 2 is 1.93 bits per heavy atom. The molecule has 0 bridgehead atoms. The predicted octanol–water partition coefficient (Wildman–Crippen LogP) is 1.89. The first kappa shape index (κ1) is 18.4. The third-order valence-electron chi connectivity index (χ3n) is 5.48. The number of ether oxygens (including phenoxy) is 3. The number of aliphatic hydroxyl groups is 1. The standard InChI is InChI=1S/C21H24N4O4/c1-2-25(10-13-6-4-3-5-7-13)17-9-8-14-20(23-17)24-21(22-14)29-16-12-28-18-15(26)11-27-19(16)18/h3-9,15-16,18-19,26H,2,10-12H2,1H3,(H,22,23,24)/t15-,16-,18-,19-/m1/s1. The van der Waals surface area contributed by atoms with Gasteiger partial charge in [-0.1, -0.05) is 30.3 Å². The summed E-state index contributed by atoms with van der Waals surface area (Å²) in [6.45, 7) is 4.37. The number of hydrogen-bond acceptors (Lipinski definition) is 7. The highest BCUT2D eigenvalue weighted by Crippen LogP contribution is 2.30. The van der Waals surface area contributed by atoms with E-state index in [1.54, 1.807) is 0 Å². The van der Waals surface area contributed by atoms with Gasteiger partial charge in [-0.25, -0.2) is 4.98 Å². The Bertz CT molecular complexity index is 979. The Morgan fingerprint density at radius 1 is 1.10 bits per heavy atom. The van der Waals surface area contributed by atoms with Crippen LogP contribution in [0.15, 0.2) is 42.5 Å². The van der Waals surface area contributed by atoms with Crippen molar-refractivity contribution in [1.29, 1.82) is 0 Å². The van der Waals surface area contributed by atoms with Crippen LogP contribution in [0.2, 0.25) is 0 Å². The topological polar surface area (TPSA) is 92.7 Å². The fraction of sp³-hybridized carbons (Fsp3) is 0.429. The minimum atomic E-state index is -0.599. The molecule has 152 valence electrons. The average Bonchev–Trinajstić information content (AvgIpc) is 3.43. The van der Waals surface area contributed by atoms with Gasteiger partial charge in [-0.3, -0.25) is 0 Å². The van der Waals surface area contributed by atoms with Crippen molar-refractivity contribution in [3.63, 3.8) is 0 Å². The lowest BCUT2D eigenvalue weighted by Gasteiger charge is -2.21. The van der Waals surface area contributed by atoms with Gasteiger partial charge in [0.2, 0.25) is 0 Å². The molecule has 2 aromatic heterocycles. The molecule has 2 aliphatic heterocycles. The molecule has 5 rings (SSSR count). The molecule has 0 aliphatic carbocycles. The van der Waals surface area contributed by atoms with Gasteiger partial charge >= 0.3 is 0 Å². The number of fused-ring (bicyclic) bond motifs is 2. The summed E-state index contributed by atoms with van der Waals surface area (Å²) < 4.78 is 17.2. The maximum Gasteiger partial charge on any atom is 0.296 e. The lowest BCUT2D eigenvalue weighted by Crippen LogP contribution is -2.34. The average molecular weight is 396 g/mol. The Morgan fingerprint density at radius 3 is 2.76 bits per heavy atom. The number of nitrogens with zero attached hydrogens (tertiary/aromatic N) is 3. The Kier molecular flexibility index (Phi) is 4.83. The maximum absolute atomic E-state index is 9.87. The number of H-pyrrole nitrogens is 1. The molecular weight excluding hydrogens is 372 g/mol. The van der Waals surface area contributed by atoms with Crippen LogP contribution < -0.4 is 9.64 Å². The number of benzene rings is 1. The first-order chi connectivity index (χ1) is 14.2. The fourth-order valence-corrected chi connectivity index (χ4v) is 3.94. The SMILES string of the molecule is CCN(Cc1ccccc1)c1ccc2[nH]c(O[C@@H]3CO[C@H]4[C@@H]3OC[C@H]4O)nc2n1. The second kappa shape index (κ2) is 7.62. The van der Waals surface area contributed by atoms with E-state index in [-0.39, 0.29) is 24.9 Å². The van der Waals surface area contributed by atoms with Crippen molar-refractivity contribution in [2.45, 2.75) is 37.9 Å². The van der Waals surface area contributed by atoms with Crippen LogP contribution in [0, 0.1) is 0 Å². The third kappa shape index (κ3) is 3.55. The summed E-state index contributed by atoms with van der Waals surface area (Å²) in [7, 11) is 0. The van der Waals surface area contributed by atoms with E-state index in [2.05, 4.69) is 33.9 Å². The highest BCUT2D eigenvalue weighted by molar-refractivity contribution is 5.73. The van der Waals surface area contributed by atoms with Crippen molar-refractivity contribution in [2.75, 3.05) is 24.7 Å². The zero-order chi connectivity index (χ0) is 19.8. The Hall–Kier alpha value is -2.68. The lowest BCUT2D eigenvalue weighted by molar-refractivity contribution is 0.00706. The second-order valence-corrected chi connectivity index (χ2v) is 7.40. The molecule has 2 saturated heterocycles. The molecule has 0 spiro atoms. The first-order valence-corrected chi connectivity index (χ1v) is 9.95. The summed E-state index contributed by atoms with van der Waals surface area (Å²) in [5.41, 5.74) is 2.64. The molecule has 8 nitrogen and oxygen atoms in total. The summed E-state index contributed by atoms with van der Waals surface area (Å²) >= 11 is 0. The van der Waals surface area contributed by atoms with Gasteiger partial charge in [-0.2, -0.15) is 4.98 Å². The number of anilines is 1. The van der Waals surface area contributed by atoms with Crippen LogP contribution in [0.4, 0.5) is 5.82 Å². The van der Waals surface area contributed by atoms with E-state index in [0.29, 0.717) is 18.3 Å². The summed E-state index contributed by atoms with van der Waals surface area (Å²) in [6.07, 6.45) is -1.51. The Balaban J connectivity index is 1.33. The third-order valence-corrected chi connectivity index (χ3v) is 5.48. The van der Waals surface area contributed by atoms with Crippen LogP contribution in [-0.2, 0) is 16.0 Å². The minimum absolute atomic E-state index is 0.272. The molecule has 2 aliphatic rings. The number of aromatic nitrogens is 3. The maximum atomic E-state index is 9.87. The van der Waals surface area contributed by atoms with E-state index in [0.717, 1.165) is 24.4 Å². The van der Waals surface area contributed by atoms with Crippen LogP contribution in [0.5, 0.6) is 6.01 Å². The lowest BCUT2D eigenvalue weighted by atomic mass is 10.1. The van der Waals surface area contributed by atoms with Crippen LogP contribution in [0.1, 0.15) is 12.5 Å². The summed E-state index contributed by atoms with van der Waals surface area (Å²) in [4.78, 5) is 14.6. The highest BCUT2D eigenvalue weighted by atomic mass is 16.6. The quantitative estimate of drug-likeness (QED) is 0.657. The van der Waals surface area contributed by atoms with Gasteiger partial charge in [-0.15, -0.1) is 0 Å². The smallest absolute Gasteiger partial charge is 0.296 e. The summed E-state index contributed by atoms with van der Waals surface area (Å²) in [5, 5.41) is 9.87. The van der Waals surface area contributed by atoms with Crippen molar-refractivity contribution in [2.24, 2.45) is 0 Å². The van der Waals surface area contributed by atoms with E-state index < -0.39 is 6.10 Å². The van der Waals surface area contributed by atoms with Crippen LogP contribution >= 0.6 is 0 Å². The van der Waals surface area contributed by atoms with Crippen LogP contribution in [0.25, 0.3) is 11.2 Å². The zero-order valence-corrected chi connectivity index (χ0v) is 16.2.